The Balaban J connectivity index is 0.000000182. The van der Waals surface area contributed by atoms with Crippen LogP contribution >= 0.6 is 0 Å². The van der Waals surface area contributed by atoms with E-state index in [1.54, 1.807) is 36.4 Å². The van der Waals surface area contributed by atoms with Gasteiger partial charge in [0.2, 0.25) is 0 Å². The van der Waals surface area contributed by atoms with Gasteiger partial charge in [-0.25, -0.2) is 4.79 Å². The number of non-ortho nitro benzene ring substituents is 1. The van der Waals surface area contributed by atoms with Crippen molar-refractivity contribution in [1.29, 1.82) is 0 Å². The van der Waals surface area contributed by atoms with Crippen LogP contribution in [0, 0.1) is 10.1 Å². The minimum atomic E-state index is -0.703. The van der Waals surface area contributed by atoms with Crippen molar-refractivity contribution < 1.29 is 24.0 Å². The lowest BCUT2D eigenvalue weighted by Crippen LogP contribution is -2.06. The maximum Gasteiger partial charge on any atom is 0.513 e. The molecule has 4 rings (SSSR count). The molecule has 0 aromatic heterocycles. The number of hydrogen-bond donors (Lipinski definition) is 0. The highest BCUT2D eigenvalue weighted by Gasteiger charge is 2.10. The van der Waals surface area contributed by atoms with E-state index in [2.05, 4.69) is 4.74 Å². The molecule has 4 aromatic carbocycles. The SMILES string of the molecule is COC(=O)Oc1ccc2ccccc2c1.O=C(c1ccccc1)c1ccc([N+](=O)[O-])cc1. The predicted molar refractivity (Wildman–Crippen MR) is 120 cm³/mol. The van der Waals surface area contributed by atoms with Gasteiger partial charge in [-0.3, -0.25) is 14.9 Å². The molecule has 0 fully saturated rings. The van der Waals surface area contributed by atoms with Crippen molar-refractivity contribution >= 4 is 28.4 Å². The summed E-state index contributed by atoms with van der Waals surface area (Å²) in [5, 5.41) is 12.6. The smallest absolute Gasteiger partial charge is 0.437 e. The number of ether oxygens (including phenoxy) is 2. The first-order chi connectivity index (χ1) is 15.5. The number of nitro benzene ring substituents is 1. The molecule has 0 aliphatic heterocycles. The quantitative estimate of drug-likeness (QED) is 0.134. The lowest BCUT2D eigenvalue weighted by Gasteiger charge is -2.03. The van der Waals surface area contributed by atoms with E-state index in [-0.39, 0.29) is 11.5 Å². The van der Waals surface area contributed by atoms with E-state index >= 15 is 0 Å². The molecule has 0 atom stereocenters. The average molecular weight is 429 g/mol. The average Bonchev–Trinajstić information content (AvgIpc) is 2.84. The van der Waals surface area contributed by atoms with Gasteiger partial charge in [-0.05, 0) is 35.0 Å². The van der Waals surface area contributed by atoms with Crippen LogP contribution in [0.1, 0.15) is 15.9 Å². The van der Waals surface area contributed by atoms with Gasteiger partial charge in [0.25, 0.3) is 5.69 Å². The third kappa shape index (κ3) is 5.76. The predicted octanol–water partition coefficient (Wildman–Crippen LogP) is 5.81. The molecule has 7 nitrogen and oxygen atoms in total. The second kappa shape index (κ2) is 10.5. The molecule has 0 saturated carbocycles. The monoisotopic (exact) mass is 429 g/mol. The molecule has 0 spiro atoms. The molecule has 7 heteroatoms. The fraction of sp³-hybridized carbons (Fsp3) is 0.0400. The van der Waals surface area contributed by atoms with Gasteiger partial charge in [0.05, 0.1) is 12.0 Å². The Bertz CT molecular complexity index is 1240. The van der Waals surface area contributed by atoms with Crippen LogP contribution in [0.25, 0.3) is 10.8 Å². The molecule has 0 heterocycles. The van der Waals surface area contributed by atoms with Crippen molar-refractivity contribution in [2.45, 2.75) is 0 Å². The van der Waals surface area contributed by atoms with Gasteiger partial charge in [-0.1, -0.05) is 60.7 Å². The Morgan fingerprint density at radius 2 is 1.34 bits per heavy atom. The van der Waals surface area contributed by atoms with Crippen molar-refractivity contribution in [3.63, 3.8) is 0 Å². The third-order valence-electron chi connectivity index (χ3n) is 4.47. The Kier molecular flexibility index (Phi) is 7.27. The second-order valence-electron chi connectivity index (χ2n) is 6.56. The lowest BCUT2D eigenvalue weighted by atomic mass is 10.0. The summed E-state index contributed by atoms with van der Waals surface area (Å²) in [5.74, 6) is 0.348. The molecule has 0 bridgehead atoms. The van der Waals surface area contributed by atoms with Gasteiger partial charge in [-0.2, -0.15) is 0 Å². The van der Waals surface area contributed by atoms with Crippen molar-refractivity contribution in [3.8, 4) is 5.75 Å². The highest BCUT2D eigenvalue weighted by molar-refractivity contribution is 6.09. The fourth-order valence-corrected chi connectivity index (χ4v) is 2.86. The standard InChI is InChI=1S/C13H9NO3.C12H10O3/c15-13(10-4-2-1-3-5-10)11-6-8-12(9-7-11)14(16)17;1-14-12(13)15-11-7-6-9-4-2-3-5-10(9)8-11/h1-9H;2-8H,1H3. The second-order valence-corrected chi connectivity index (χ2v) is 6.56. The van der Waals surface area contributed by atoms with Gasteiger partial charge in [0, 0.05) is 23.3 Å². The number of methoxy groups -OCH3 is 1. The van der Waals surface area contributed by atoms with Crippen LogP contribution in [0.3, 0.4) is 0 Å². The summed E-state index contributed by atoms with van der Waals surface area (Å²) >= 11 is 0. The molecule has 4 aromatic rings. The van der Waals surface area contributed by atoms with E-state index in [1.807, 2.05) is 36.4 Å². The van der Waals surface area contributed by atoms with Gasteiger partial charge >= 0.3 is 6.16 Å². The molecule has 0 N–H and O–H groups in total. The summed E-state index contributed by atoms with van der Waals surface area (Å²) < 4.78 is 9.32. The van der Waals surface area contributed by atoms with Crippen molar-refractivity contribution in [1.82, 2.24) is 0 Å². The van der Waals surface area contributed by atoms with Crippen LogP contribution in [0.4, 0.5) is 10.5 Å². The van der Waals surface area contributed by atoms with Crippen LogP contribution in [-0.2, 0) is 4.74 Å². The maximum atomic E-state index is 12.0. The number of carbonyl (C=O) groups is 2. The first-order valence-electron chi connectivity index (χ1n) is 9.57. The first kappa shape index (κ1) is 22.2. The van der Waals surface area contributed by atoms with Gasteiger partial charge in [-0.15, -0.1) is 0 Å². The van der Waals surface area contributed by atoms with E-state index in [0.717, 1.165) is 10.8 Å². The number of nitro groups is 1. The van der Waals surface area contributed by atoms with Crippen molar-refractivity contribution in [2.24, 2.45) is 0 Å². The summed E-state index contributed by atoms with van der Waals surface area (Å²) in [6.07, 6.45) is -0.703. The zero-order valence-electron chi connectivity index (χ0n) is 17.1. The largest absolute Gasteiger partial charge is 0.513 e. The molecule has 0 aliphatic carbocycles. The van der Waals surface area contributed by atoms with Crippen LogP contribution in [0.15, 0.2) is 97.1 Å². The Labute approximate surface area is 184 Å². The molecular weight excluding hydrogens is 410 g/mol. The van der Waals surface area contributed by atoms with E-state index in [1.165, 1.54) is 31.4 Å². The zero-order valence-corrected chi connectivity index (χ0v) is 17.1. The summed E-state index contributed by atoms with van der Waals surface area (Å²) in [6.45, 7) is 0. The molecule has 0 unspecified atom stereocenters. The van der Waals surface area contributed by atoms with Crippen LogP contribution in [0.2, 0.25) is 0 Å². The molecule has 0 aliphatic rings. The number of hydrogen-bond acceptors (Lipinski definition) is 6. The normalized spacial score (nSPS) is 9.91. The van der Waals surface area contributed by atoms with E-state index in [0.29, 0.717) is 16.9 Å². The third-order valence-corrected chi connectivity index (χ3v) is 4.47. The van der Waals surface area contributed by atoms with Gasteiger partial charge in [0.1, 0.15) is 5.75 Å². The minimum Gasteiger partial charge on any atom is -0.437 e. The van der Waals surface area contributed by atoms with Gasteiger partial charge < -0.3 is 9.47 Å². The molecule has 160 valence electrons. The number of benzene rings is 4. The van der Waals surface area contributed by atoms with Crippen molar-refractivity contribution in [3.05, 3.63) is 118 Å². The molecular formula is C25H19NO6. The number of rotatable bonds is 4. The number of fused-ring (bicyclic) bond motifs is 1. The molecule has 0 saturated heterocycles. The Morgan fingerprint density at radius 1 is 0.750 bits per heavy atom. The Hall–Kier alpha value is -4.52. The van der Waals surface area contributed by atoms with Crippen LogP contribution in [-0.4, -0.2) is 24.0 Å². The van der Waals surface area contributed by atoms with E-state index in [9.17, 15) is 19.7 Å². The highest BCUT2D eigenvalue weighted by atomic mass is 16.7. The number of nitrogens with zero attached hydrogens (tertiary/aromatic N) is 1. The van der Waals surface area contributed by atoms with E-state index in [4.69, 9.17) is 4.74 Å². The maximum absolute atomic E-state index is 12.0. The Morgan fingerprint density at radius 3 is 1.97 bits per heavy atom. The highest BCUT2D eigenvalue weighted by Crippen LogP contribution is 2.20. The number of carbonyl (C=O) groups excluding carboxylic acids is 2. The lowest BCUT2D eigenvalue weighted by molar-refractivity contribution is -0.384. The van der Waals surface area contributed by atoms with E-state index < -0.39 is 11.1 Å². The van der Waals surface area contributed by atoms with Crippen LogP contribution in [0.5, 0.6) is 5.75 Å². The number of ketones is 1. The molecule has 0 amide bonds. The topological polar surface area (TPSA) is 95.7 Å². The minimum absolute atomic E-state index is 0.0189. The molecule has 32 heavy (non-hydrogen) atoms. The summed E-state index contributed by atoms with van der Waals surface area (Å²) in [7, 11) is 1.28. The summed E-state index contributed by atoms with van der Waals surface area (Å²) in [4.78, 5) is 32.8. The van der Waals surface area contributed by atoms with Crippen LogP contribution < -0.4 is 4.74 Å². The van der Waals surface area contributed by atoms with Crippen molar-refractivity contribution in [2.75, 3.05) is 7.11 Å². The summed E-state index contributed by atoms with van der Waals surface area (Å²) in [6, 6.07) is 27.7. The molecule has 0 radical (unpaired) electrons. The fourth-order valence-electron chi connectivity index (χ4n) is 2.86. The van der Waals surface area contributed by atoms with Gasteiger partial charge in [0.15, 0.2) is 5.78 Å². The zero-order chi connectivity index (χ0) is 22.9. The first-order valence-corrected chi connectivity index (χ1v) is 9.57. The summed E-state index contributed by atoms with van der Waals surface area (Å²) in [5.41, 5.74) is 0.998.